The van der Waals surface area contributed by atoms with E-state index in [2.05, 4.69) is 15.6 Å². The third-order valence-corrected chi connectivity index (χ3v) is 6.39. The first-order chi connectivity index (χ1) is 17.9. The monoisotopic (exact) mass is 518 g/mol. The summed E-state index contributed by atoms with van der Waals surface area (Å²) >= 11 is 0.976. The van der Waals surface area contributed by atoms with E-state index in [-0.39, 0.29) is 15.5 Å². The molecule has 0 bridgehead atoms. The topological polar surface area (TPSA) is 119 Å². The van der Waals surface area contributed by atoms with Crippen molar-refractivity contribution in [3.05, 3.63) is 92.8 Å². The lowest BCUT2D eigenvalue weighted by Crippen LogP contribution is -2.25. The van der Waals surface area contributed by atoms with Gasteiger partial charge in [-0.25, -0.2) is 14.2 Å². The van der Waals surface area contributed by atoms with Crippen LogP contribution in [0.2, 0.25) is 0 Å². The molecule has 0 atom stereocenters. The Morgan fingerprint density at radius 2 is 1.59 bits per heavy atom. The van der Waals surface area contributed by atoms with E-state index in [1.165, 1.54) is 18.2 Å². The zero-order valence-electron chi connectivity index (χ0n) is 20.4. The average Bonchev–Trinajstić information content (AvgIpc) is 3.29. The second kappa shape index (κ2) is 11.6. The van der Waals surface area contributed by atoms with Crippen LogP contribution >= 0.6 is 11.3 Å². The Kier molecular flexibility index (Phi) is 8.09. The fourth-order valence-electron chi connectivity index (χ4n) is 3.63. The predicted molar refractivity (Wildman–Crippen MR) is 143 cm³/mol. The van der Waals surface area contributed by atoms with Gasteiger partial charge in [-0.3, -0.25) is 14.4 Å². The van der Waals surface area contributed by atoms with Gasteiger partial charge in [-0.05, 0) is 49.2 Å². The van der Waals surface area contributed by atoms with Gasteiger partial charge < -0.3 is 15.4 Å². The van der Waals surface area contributed by atoms with Crippen LogP contribution in [0.4, 0.5) is 11.4 Å². The molecule has 0 unspecified atom stereocenters. The lowest BCUT2D eigenvalue weighted by Gasteiger charge is -2.09. The maximum atomic E-state index is 13.4. The van der Waals surface area contributed by atoms with Crippen LogP contribution in [0, 0.1) is 0 Å². The number of para-hydroxylation sites is 1. The van der Waals surface area contributed by atoms with Crippen LogP contribution in [0.3, 0.4) is 0 Å². The normalized spacial score (nSPS) is 10.8. The van der Waals surface area contributed by atoms with E-state index in [1.807, 2.05) is 19.9 Å². The number of hydrogen-bond donors (Lipinski definition) is 2. The molecule has 2 N–H and O–H groups in total. The molecule has 4 aromatic rings. The Bertz CT molecular complexity index is 1490. The zero-order chi connectivity index (χ0) is 26.4. The standard InChI is InChI=1S/C27H26N4O5S/c1-3-8-20-16-21(32)31-22(23(37-27(31)30-20)25(34)29-18-9-6-5-7-10-18)24(33)28-19-13-11-17(12-14-19)26(35)36-15-4-2/h5-7,9-14,16H,3-4,8,15H2,1-2H3,(H,28,33)(H,29,34). The minimum Gasteiger partial charge on any atom is -0.462 e. The Morgan fingerprint density at radius 1 is 0.919 bits per heavy atom. The molecular formula is C27H26N4O5S. The van der Waals surface area contributed by atoms with E-state index in [0.29, 0.717) is 42.1 Å². The van der Waals surface area contributed by atoms with E-state index in [4.69, 9.17) is 4.74 Å². The van der Waals surface area contributed by atoms with Gasteiger partial charge in [0.05, 0.1) is 12.2 Å². The number of thiazole rings is 1. The highest BCUT2D eigenvalue weighted by Gasteiger charge is 2.26. The minimum absolute atomic E-state index is 0.0550. The van der Waals surface area contributed by atoms with Crippen molar-refractivity contribution in [2.24, 2.45) is 0 Å². The summed E-state index contributed by atoms with van der Waals surface area (Å²) in [6.07, 6.45) is 2.11. The molecule has 4 rings (SSSR count). The molecule has 2 heterocycles. The van der Waals surface area contributed by atoms with Crippen LogP contribution in [0.1, 0.15) is 62.9 Å². The molecule has 0 aliphatic heterocycles. The second-order valence-corrected chi connectivity index (χ2v) is 9.20. The summed E-state index contributed by atoms with van der Waals surface area (Å²) < 4.78 is 6.28. The summed E-state index contributed by atoms with van der Waals surface area (Å²) in [7, 11) is 0. The maximum absolute atomic E-state index is 13.4. The first kappa shape index (κ1) is 25.8. The van der Waals surface area contributed by atoms with Gasteiger partial charge in [-0.1, -0.05) is 49.8 Å². The third kappa shape index (κ3) is 5.92. The molecule has 0 aliphatic rings. The number of esters is 1. The average molecular weight is 519 g/mol. The van der Waals surface area contributed by atoms with Crippen LogP contribution in [0.5, 0.6) is 0 Å². The fraction of sp³-hybridized carbons (Fsp3) is 0.222. The number of nitrogens with one attached hydrogen (secondary N) is 2. The molecule has 0 saturated heterocycles. The van der Waals surface area contributed by atoms with Gasteiger partial charge in [0.25, 0.3) is 17.4 Å². The fourth-order valence-corrected chi connectivity index (χ4v) is 4.67. The number of aryl methyl sites for hydroxylation is 1. The maximum Gasteiger partial charge on any atom is 0.338 e. The van der Waals surface area contributed by atoms with Gasteiger partial charge >= 0.3 is 5.97 Å². The Balaban J connectivity index is 1.69. The lowest BCUT2D eigenvalue weighted by molar-refractivity contribution is 0.0505. The number of fused-ring (bicyclic) bond motifs is 1. The minimum atomic E-state index is -0.655. The summed E-state index contributed by atoms with van der Waals surface area (Å²) in [6.45, 7) is 4.20. The molecule has 0 fully saturated rings. The number of aromatic nitrogens is 2. The van der Waals surface area contributed by atoms with Gasteiger partial charge in [0.2, 0.25) is 0 Å². The molecule has 0 spiro atoms. The lowest BCUT2D eigenvalue weighted by atomic mass is 10.2. The molecule has 0 saturated carbocycles. The zero-order valence-corrected chi connectivity index (χ0v) is 21.3. The molecular weight excluding hydrogens is 492 g/mol. The van der Waals surface area contributed by atoms with Crippen LogP contribution in [-0.4, -0.2) is 33.8 Å². The van der Waals surface area contributed by atoms with Crippen molar-refractivity contribution in [1.29, 1.82) is 0 Å². The summed E-state index contributed by atoms with van der Waals surface area (Å²) in [5.74, 6) is -1.64. The van der Waals surface area contributed by atoms with Crippen molar-refractivity contribution < 1.29 is 19.1 Å². The first-order valence-electron chi connectivity index (χ1n) is 11.9. The van der Waals surface area contributed by atoms with Crippen molar-refractivity contribution in [3.63, 3.8) is 0 Å². The highest BCUT2D eigenvalue weighted by atomic mass is 32.1. The van der Waals surface area contributed by atoms with Gasteiger partial charge in [0.15, 0.2) is 4.96 Å². The third-order valence-electron chi connectivity index (χ3n) is 5.35. The molecule has 190 valence electrons. The van der Waals surface area contributed by atoms with Crippen LogP contribution in [0.25, 0.3) is 4.96 Å². The smallest absolute Gasteiger partial charge is 0.338 e. The Morgan fingerprint density at radius 3 is 2.27 bits per heavy atom. The molecule has 2 aromatic heterocycles. The number of rotatable bonds is 9. The number of amides is 2. The van der Waals surface area contributed by atoms with Crippen molar-refractivity contribution in [2.45, 2.75) is 33.1 Å². The van der Waals surface area contributed by atoms with Crippen LogP contribution < -0.4 is 16.2 Å². The summed E-state index contributed by atoms with van der Waals surface area (Å²) in [5.41, 5.74) is 1.33. The van der Waals surface area contributed by atoms with Crippen molar-refractivity contribution in [2.75, 3.05) is 17.2 Å². The van der Waals surface area contributed by atoms with Gasteiger partial charge in [-0.15, -0.1) is 0 Å². The number of ether oxygens (including phenoxy) is 1. The summed E-state index contributed by atoms with van der Waals surface area (Å²) in [6, 6.07) is 16.4. The number of nitrogens with zero attached hydrogens (tertiary/aromatic N) is 2. The van der Waals surface area contributed by atoms with E-state index in [9.17, 15) is 19.2 Å². The first-order valence-corrected chi connectivity index (χ1v) is 12.7. The largest absolute Gasteiger partial charge is 0.462 e. The second-order valence-electron chi connectivity index (χ2n) is 8.22. The number of hydrogen-bond acceptors (Lipinski definition) is 7. The molecule has 2 aromatic carbocycles. The SMILES string of the molecule is CCCOC(=O)c1ccc(NC(=O)c2c(C(=O)Nc3ccccc3)sc3nc(CCC)cc(=O)n23)cc1. The number of carbonyl (C=O) groups excluding carboxylic acids is 3. The Labute approximate surface area is 217 Å². The molecule has 0 aliphatic carbocycles. The summed E-state index contributed by atoms with van der Waals surface area (Å²) in [4.78, 5) is 56.5. The van der Waals surface area contributed by atoms with Gasteiger partial charge in [0.1, 0.15) is 10.6 Å². The Hall–Kier alpha value is -4.31. The highest BCUT2D eigenvalue weighted by Crippen LogP contribution is 2.24. The highest BCUT2D eigenvalue weighted by molar-refractivity contribution is 7.19. The predicted octanol–water partition coefficient (Wildman–Crippen LogP) is 4.78. The number of carbonyl (C=O) groups is 3. The molecule has 9 nitrogen and oxygen atoms in total. The van der Waals surface area contributed by atoms with E-state index < -0.39 is 23.3 Å². The van der Waals surface area contributed by atoms with Gasteiger partial charge in [0, 0.05) is 23.1 Å². The van der Waals surface area contributed by atoms with Gasteiger partial charge in [-0.2, -0.15) is 0 Å². The molecule has 37 heavy (non-hydrogen) atoms. The van der Waals surface area contributed by atoms with Crippen molar-refractivity contribution in [3.8, 4) is 0 Å². The van der Waals surface area contributed by atoms with Crippen LogP contribution in [0.15, 0.2) is 65.5 Å². The van der Waals surface area contributed by atoms with Crippen molar-refractivity contribution >= 4 is 45.5 Å². The molecule has 2 amide bonds. The molecule has 0 radical (unpaired) electrons. The van der Waals surface area contributed by atoms with Crippen molar-refractivity contribution in [1.82, 2.24) is 9.38 Å². The quantitative estimate of drug-likeness (QED) is 0.308. The summed E-state index contributed by atoms with van der Waals surface area (Å²) in [5, 5.41) is 5.49. The number of benzene rings is 2. The van der Waals surface area contributed by atoms with E-state index in [1.54, 1.807) is 36.4 Å². The van der Waals surface area contributed by atoms with E-state index >= 15 is 0 Å². The van der Waals surface area contributed by atoms with E-state index in [0.717, 1.165) is 22.2 Å². The van der Waals surface area contributed by atoms with Crippen LogP contribution in [-0.2, 0) is 11.2 Å². The molecule has 10 heteroatoms. The number of anilines is 2.